The van der Waals surface area contributed by atoms with Crippen LogP contribution in [-0.4, -0.2) is 49.7 Å². The van der Waals surface area contributed by atoms with E-state index in [4.69, 9.17) is 4.74 Å². The van der Waals surface area contributed by atoms with Gasteiger partial charge in [0.2, 0.25) is 5.91 Å². The van der Waals surface area contributed by atoms with Crippen molar-refractivity contribution in [1.82, 2.24) is 10.2 Å². The number of hydrogen-bond donors (Lipinski definition) is 1. The number of nitrogens with zero attached hydrogens (tertiary/aromatic N) is 1. The Morgan fingerprint density at radius 1 is 1.29 bits per heavy atom. The number of rotatable bonds is 5. The Balaban J connectivity index is 1.54. The second-order valence-corrected chi connectivity index (χ2v) is 7.11. The Hall–Kier alpha value is -0.870. The first kappa shape index (κ1) is 15.0. The van der Waals surface area contributed by atoms with E-state index in [2.05, 4.69) is 31.3 Å². The molecule has 0 radical (unpaired) electrons. The predicted octanol–water partition coefficient (Wildman–Crippen LogP) is 1.67. The van der Waals surface area contributed by atoms with Crippen LogP contribution in [0.4, 0.5) is 0 Å². The summed E-state index contributed by atoms with van der Waals surface area (Å²) >= 11 is 0. The van der Waals surface area contributed by atoms with E-state index in [0.717, 1.165) is 37.4 Å². The van der Waals surface area contributed by atoms with E-state index < -0.39 is 0 Å². The van der Waals surface area contributed by atoms with Crippen molar-refractivity contribution >= 4 is 5.91 Å². The lowest BCUT2D eigenvalue weighted by Crippen LogP contribution is -2.53. The van der Waals surface area contributed by atoms with E-state index in [0.29, 0.717) is 19.1 Å². The fourth-order valence-corrected chi connectivity index (χ4v) is 4.00. The summed E-state index contributed by atoms with van der Waals surface area (Å²) in [5, 5.41) is 3.58. The molecule has 4 atom stereocenters. The second kappa shape index (κ2) is 6.49. The van der Waals surface area contributed by atoms with Crippen molar-refractivity contribution in [2.45, 2.75) is 32.7 Å². The maximum Gasteiger partial charge on any atom is 0.240 e. The van der Waals surface area contributed by atoms with E-state index >= 15 is 0 Å². The highest BCUT2D eigenvalue weighted by atomic mass is 16.5. The maximum atomic E-state index is 12.7. The Morgan fingerprint density at radius 2 is 2.05 bits per heavy atom. The number of hydrogen-bond acceptors (Lipinski definition) is 3. The third-order valence-electron chi connectivity index (χ3n) is 5.27. The van der Waals surface area contributed by atoms with Crippen LogP contribution in [0.3, 0.4) is 0 Å². The van der Waals surface area contributed by atoms with Gasteiger partial charge in [-0.2, -0.15) is 0 Å². The highest BCUT2D eigenvalue weighted by Crippen LogP contribution is 2.43. The number of fused-ring (bicyclic) bond motifs is 2. The van der Waals surface area contributed by atoms with Gasteiger partial charge < -0.3 is 15.0 Å². The molecule has 0 spiro atoms. The molecule has 1 heterocycles. The summed E-state index contributed by atoms with van der Waals surface area (Å²) in [7, 11) is 0. The van der Waals surface area contributed by atoms with E-state index in [1.165, 1.54) is 12.8 Å². The summed E-state index contributed by atoms with van der Waals surface area (Å²) in [5.41, 5.74) is 0. The molecule has 0 unspecified atom stereocenters. The van der Waals surface area contributed by atoms with Crippen LogP contribution < -0.4 is 5.32 Å². The molecule has 1 saturated carbocycles. The highest BCUT2D eigenvalue weighted by molar-refractivity contribution is 5.82. The van der Waals surface area contributed by atoms with Crippen molar-refractivity contribution in [3.05, 3.63) is 12.2 Å². The monoisotopic (exact) mass is 292 g/mol. The van der Waals surface area contributed by atoms with Crippen molar-refractivity contribution < 1.29 is 9.53 Å². The summed E-state index contributed by atoms with van der Waals surface area (Å²) in [6.07, 6.45) is 7.38. The molecule has 0 aromatic rings. The van der Waals surface area contributed by atoms with Gasteiger partial charge in [-0.15, -0.1) is 0 Å². The molecule has 4 nitrogen and oxygen atoms in total. The summed E-state index contributed by atoms with van der Waals surface area (Å²) in [5.74, 6) is 2.85. The van der Waals surface area contributed by atoms with E-state index in [1.54, 1.807) is 0 Å². The first-order chi connectivity index (χ1) is 10.1. The van der Waals surface area contributed by atoms with Gasteiger partial charge in [0, 0.05) is 13.1 Å². The number of nitrogens with one attached hydrogen (secondary N) is 1. The van der Waals surface area contributed by atoms with Crippen LogP contribution in [0.15, 0.2) is 12.2 Å². The van der Waals surface area contributed by atoms with Crippen LogP contribution in [-0.2, 0) is 9.53 Å². The van der Waals surface area contributed by atoms with Crippen molar-refractivity contribution in [3.63, 3.8) is 0 Å². The molecule has 1 aliphatic heterocycles. The van der Waals surface area contributed by atoms with Crippen LogP contribution in [0.25, 0.3) is 0 Å². The predicted molar refractivity (Wildman–Crippen MR) is 82.9 cm³/mol. The van der Waals surface area contributed by atoms with Gasteiger partial charge in [0.15, 0.2) is 0 Å². The van der Waals surface area contributed by atoms with Crippen LogP contribution in [0, 0.1) is 23.7 Å². The first-order valence-electron chi connectivity index (χ1n) is 8.43. The van der Waals surface area contributed by atoms with E-state index in [1.807, 2.05) is 4.90 Å². The van der Waals surface area contributed by atoms with Gasteiger partial charge in [-0.25, -0.2) is 0 Å². The number of allylic oxidation sites excluding steroid dienone is 2. The van der Waals surface area contributed by atoms with Crippen molar-refractivity contribution in [3.8, 4) is 0 Å². The minimum absolute atomic E-state index is 0.0498. The number of carbonyl (C=O) groups is 1. The molecule has 2 aliphatic carbocycles. The zero-order chi connectivity index (χ0) is 14.8. The lowest BCUT2D eigenvalue weighted by Gasteiger charge is -2.33. The largest absolute Gasteiger partial charge is 0.378 e. The zero-order valence-electron chi connectivity index (χ0n) is 13.3. The summed E-state index contributed by atoms with van der Waals surface area (Å²) in [4.78, 5) is 14.7. The normalized spacial score (nSPS) is 32.9. The number of carbonyl (C=O) groups excluding carboxylic acids is 1. The zero-order valence-corrected chi connectivity index (χ0v) is 13.3. The third kappa shape index (κ3) is 3.32. The maximum absolute atomic E-state index is 12.7. The summed E-state index contributed by atoms with van der Waals surface area (Å²) in [6, 6.07) is -0.0498. The Kier molecular flexibility index (Phi) is 4.65. The fraction of sp³-hybridized carbons (Fsp3) is 0.824. The van der Waals surface area contributed by atoms with Crippen LogP contribution in [0.2, 0.25) is 0 Å². The molecule has 2 fully saturated rings. The molecule has 3 rings (SSSR count). The van der Waals surface area contributed by atoms with Crippen molar-refractivity contribution in [2.75, 3.05) is 32.8 Å². The standard InChI is InChI=1S/C17H28N2O2/c1-12(2)16(17(20)19-5-7-21-8-6-19)18-11-15-10-13-3-4-14(15)9-13/h3-4,12-16,18H,5-11H2,1-2H3/t13-,14-,15+,16-/m0/s1. The average molecular weight is 292 g/mol. The van der Waals surface area contributed by atoms with Gasteiger partial charge in [0.25, 0.3) is 0 Å². The Morgan fingerprint density at radius 3 is 2.62 bits per heavy atom. The van der Waals surface area contributed by atoms with Crippen LogP contribution in [0.1, 0.15) is 26.7 Å². The minimum Gasteiger partial charge on any atom is -0.378 e. The molecule has 0 aromatic carbocycles. The van der Waals surface area contributed by atoms with Gasteiger partial charge in [0.1, 0.15) is 0 Å². The first-order valence-corrected chi connectivity index (χ1v) is 8.43. The molecule has 3 aliphatic rings. The van der Waals surface area contributed by atoms with Crippen molar-refractivity contribution in [1.29, 1.82) is 0 Å². The van der Waals surface area contributed by atoms with Gasteiger partial charge >= 0.3 is 0 Å². The van der Waals surface area contributed by atoms with Crippen LogP contribution in [0.5, 0.6) is 0 Å². The lowest BCUT2D eigenvalue weighted by molar-refractivity contribution is -0.138. The van der Waals surface area contributed by atoms with Gasteiger partial charge in [0.05, 0.1) is 19.3 Å². The molecule has 1 amide bonds. The Bertz CT molecular complexity index is 402. The summed E-state index contributed by atoms with van der Waals surface area (Å²) < 4.78 is 5.34. The van der Waals surface area contributed by atoms with Gasteiger partial charge in [-0.05, 0) is 43.1 Å². The SMILES string of the molecule is CC(C)[C@H](NC[C@H]1C[C@H]2C=C[C@H]1C2)C(=O)N1CCOCC1. The molecule has 118 valence electrons. The average Bonchev–Trinajstić information content (AvgIpc) is 3.10. The highest BCUT2D eigenvalue weighted by Gasteiger charge is 2.36. The number of ether oxygens (including phenoxy) is 1. The van der Waals surface area contributed by atoms with E-state index in [-0.39, 0.29) is 11.9 Å². The molecular formula is C17H28N2O2. The van der Waals surface area contributed by atoms with Crippen LogP contribution >= 0.6 is 0 Å². The smallest absolute Gasteiger partial charge is 0.240 e. The quantitative estimate of drug-likeness (QED) is 0.784. The second-order valence-electron chi connectivity index (χ2n) is 7.11. The number of amides is 1. The summed E-state index contributed by atoms with van der Waals surface area (Å²) in [6.45, 7) is 8.07. The minimum atomic E-state index is -0.0498. The van der Waals surface area contributed by atoms with Crippen molar-refractivity contribution in [2.24, 2.45) is 23.7 Å². The van der Waals surface area contributed by atoms with Gasteiger partial charge in [-0.1, -0.05) is 26.0 Å². The molecular weight excluding hydrogens is 264 g/mol. The number of morpholine rings is 1. The molecule has 2 bridgehead atoms. The van der Waals surface area contributed by atoms with E-state index in [9.17, 15) is 4.79 Å². The third-order valence-corrected chi connectivity index (χ3v) is 5.27. The molecule has 0 aromatic heterocycles. The van der Waals surface area contributed by atoms with Gasteiger partial charge in [-0.3, -0.25) is 4.79 Å². The molecule has 1 N–H and O–H groups in total. The Labute approximate surface area is 127 Å². The molecule has 4 heteroatoms. The topological polar surface area (TPSA) is 41.6 Å². The lowest BCUT2D eigenvalue weighted by atomic mass is 9.92. The molecule has 1 saturated heterocycles. The molecule has 21 heavy (non-hydrogen) atoms. The fourth-order valence-electron chi connectivity index (χ4n) is 4.00.